The zero-order valence-electron chi connectivity index (χ0n) is 32.3. The van der Waals surface area contributed by atoms with Crippen molar-refractivity contribution in [3.05, 3.63) is 179 Å². The van der Waals surface area contributed by atoms with Crippen molar-refractivity contribution in [2.75, 3.05) is 13.2 Å². The van der Waals surface area contributed by atoms with E-state index in [0.29, 0.717) is 6.61 Å². The molecule has 0 amide bonds. The maximum atomic E-state index is 11.5. The van der Waals surface area contributed by atoms with Gasteiger partial charge in [-0.25, -0.2) is 0 Å². The first-order chi connectivity index (χ1) is 28.5. The molecule has 2 aliphatic rings. The van der Waals surface area contributed by atoms with Gasteiger partial charge in [-0.3, -0.25) is 0 Å². The summed E-state index contributed by atoms with van der Waals surface area (Å²) in [5.41, 5.74) is 4.64. The summed E-state index contributed by atoms with van der Waals surface area (Å²) in [6, 6.07) is 48.3. The molecule has 2 aliphatic heterocycles. The lowest BCUT2D eigenvalue weighted by Gasteiger charge is -2.46. The van der Waals surface area contributed by atoms with Gasteiger partial charge in [0.15, 0.2) is 12.6 Å². The fraction of sp³-hybridized carbons (Fsp3) is 0.362. The van der Waals surface area contributed by atoms with Gasteiger partial charge in [0.25, 0.3) is 0 Å². The van der Waals surface area contributed by atoms with Gasteiger partial charge in [0.05, 0.1) is 46.2 Å². The van der Waals surface area contributed by atoms with Crippen molar-refractivity contribution < 1.29 is 53.2 Å². The van der Waals surface area contributed by atoms with Gasteiger partial charge < -0.3 is 53.2 Å². The number of aliphatic hydroxyl groups excluding tert-OH is 3. The molecule has 0 bridgehead atoms. The van der Waals surface area contributed by atoms with Crippen LogP contribution in [0.1, 0.15) is 27.8 Å². The van der Waals surface area contributed by atoms with E-state index in [0.717, 1.165) is 27.8 Å². The van der Waals surface area contributed by atoms with Crippen molar-refractivity contribution in [3.63, 3.8) is 0 Å². The lowest BCUT2D eigenvalue weighted by molar-refractivity contribution is -0.341. The summed E-state index contributed by atoms with van der Waals surface area (Å²) < 4.78 is 50.6. The van der Waals surface area contributed by atoms with Gasteiger partial charge in [-0.1, -0.05) is 152 Å². The van der Waals surface area contributed by atoms with Crippen LogP contribution in [0.4, 0.5) is 0 Å². The Balaban J connectivity index is 1.09. The van der Waals surface area contributed by atoms with E-state index >= 15 is 0 Å². The molecular formula is C47H52O11. The second-order valence-corrected chi connectivity index (χ2v) is 14.5. The Kier molecular flexibility index (Phi) is 15.6. The number of ether oxygens (including phenoxy) is 8. The minimum atomic E-state index is -1.49. The molecule has 10 atom stereocenters. The molecule has 2 fully saturated rings. The first-order valence-electron chi connectivity index (χ1n) is 19.7. The number of hydrogen-bond acceptors (Lipinski definition) is 11. The number of aliphatic hydroxyl groups is 3. The van der Waals surface area contributed by atoms with Crippen molar-refractivity contribution in [1.82, 2.24) is 0 Å². The van der Waals surface area contributed by atoms with E-state index in [1.165, 1.54) is 0 Å². The molecular weight excluding hydrogens is 741 g/mol. The van der Waals surface area contributed by atoms with Crippen LogP contribution in [0.3, 0.4) is 0 Å². The largest absolute Gasteiger partial charge is 0.387 e. The second kappa shape index (κ2) is 21.6. The second-order valence-electron chi connectivity index (χ2n) is 14.5. The standard InChI is InChI=1S/C47H52O11/c48-40-41(49)47(58-38(31-51-26-33-16-6-1-7-17-33)42(40)52-27-34-18-8-2-9-19-34)56-32-39-43(53-28-35-20-10-3-11-21-35)44(54-29-36-22-12-4-13-23-36)45(46(50)57-39)55-30-37-24-14-5-15-25-37/h1-25,38-50H,26-32H2/t38-,39-,40-,41-,42-,43-,44+,45-,46+,47-/m1/s1. The highest BCUT2D eigenvalue weighted by molar-refractivity contribution is 5.17. The lowest BCUT2D eigenvalue weighted by atomic mass is 9.97. The molecule has 0 unspecified atom stereocenters. The van der Waals surface area contributed by atoms with Crippen LogP contribution in [0.25, 0.3) is 0 Å². The predicted molar refractivity (Wildman–Crippen MR) is 214 cm³/mol. The Bertz CT molecular complexity index is 1870. The number of benzene rings is 5. The van der Waals surface area contributed by atoms with Gasteiger partial charge in [-0.05, 0) is 27.8 Å². The van der Waals surface area contributed by atoms with Crippen LogP contribution in [0.2, 0.25) is 0 Å². The summed E-state index contributed by atoms with van der Waals surface area (Å²) in [4.78, 5) is 0. The van der Waals surface area contributed by atoms with E-state index < -0.39 is 61.4 Å². The van der Waals surface area contributed by atoms with Crippen molar-refractivity contribution in [1.29, 1.82) is 0 Å². The van der Waals surface area contributed by atoms with Crippen LogP contribution >= 0.6 is 0 Å². The highest BCUT2D eigenvalue weighted by atomic mass is 16.7. The molecule has 0 radical (unpaired) electrons. The van der Waals surface area contributed by atoms with Gasteiger partial charge in [0.1, 0.15) is 48.8 Å². The van der Waals surface area contributed by atoms with E-state index in [9.17, 15) is 15.3 Å². The molecule has 2 saturated heterocycles. The molecule has 0 aromatic heterocycles. The zero-order valence-corrected chi connectivity index (χ0v) is 32.3. The molecule has 11 nitrogen and oxygen atoms in total. The molecule has 58 heavy (non-hydrogen) atoms. The van der Waals surface area contributed by atoms with Crippen molar-refractivity contribution in [2.45, 2.75) is 94.4 Å². The quantitative estimate of drug-likeness (QED) is 0.0948. The van der Waals surface area contributed by atoms with Crippen molar-refractivity contribution >= 4 is 0 Å². The first kappa shape index (κ1) is 41.8. The lowest BCUT2D eigenvalue weighted by Crippen LogP contribution is -2.63. The molecule has 306 valence electrons. The van der Waals surface area contributed by atoms with Crippen LogP contribution in [-0.4, -0.2) is 89.9 Å². The molecule has 7 rings (SSSR count). The van der Waals surface area contributed by atoms with Crippen LogP contribution < -0.4 is 0 Å². The molecule has 0 spiro atoms. The smallest absolute Gasteiger partial charge is 0.186 e. The molecule has 11 heteroatoms. The van der Waals surface area contributed by atoms with Crippen LogP contribution in [-0.2, 0) is 70.9 Å². The summed E-state index contributed by atoms with van der Waals surface area (Å²) in [6.07, 6.45) is -10.8. The zero-order chi connectivity index (χ0) is 39.9. The van der Waals surface area contributed by atoms with E-state index in [1.807, 2.05) is 152 Å². The van der Waals surface area contributed by atoms with Gasteiger partial charge >= 0.3 is 0 Å². The SMILES string of the molecule is O[C@@H]1[C@@H](O)[C@H](OC[C@H]2O[C@H](O)[C@H](OCc3ccccc3)[C@@H](OCc3ccccc3)[C@@H]2OCc2ccccc2)O[C@H](COCc2ccccc2)[C@H]1OCc1ccccc1. The molecule has 0 aliphatic carbocycles. The third kappa shape index (κ3) is 11.7. The first-order valence-corrected chi connectivity index (χ1v) is 19.7. The Morgan fingerprint density at radius 1 is 0.362 bits per heavy atom. The molecule has 2 heterocycles. The molecule has 5 aromatic carbocycles. The average molecular weight is 793 g/mol. The number of hydrogen-bond donors (Lipinski definition) is 3. The van der Waals surface area contributed by atoms with Gasteiger partial charge in [0, 0.05) is 0 Å². The third-order valence-electron chi connectivity index (χ3n) is 10.2. The van der Waals surface area contributed by atoms with E-state index in [2.05, 4.69) is 0 Å². The van der Waals surface area contributed by atoms with Gasteiger partial charge in [0.2, 0.25) is 0 Å². The summed E-state index contributed by atoms with van der Waals surface area (Å²) in [5, 5.41) is 34.5. The van der Waals surface area contributed by atoms with Gasteiger partial charge in [-0.15, -0.1) is 0 Å². The summed E-state index contributed by atoms with van der Waals surface area (Å²) in [6.45, 7) is 0.969. The van der Waals surface area contributed by atoms with Crippen molar-refractivity contribution in [3.8, 4) is 0 Å². The molecule has 3 N–H and O–H groups in total. The Hall–Kier alpha value is -4.34. The predicted octanol–water partition coefficient (Wildman–Crippen LogP) is 5.73. The van der Waals surface area contributed by atoms with Crippen LogP contribution in [0.15, 0.2) is 152 Å². The average Bonchev–Trinajstić information content (AvgIpc) is 3.27. The van der Waals surface area contributed by atoms with Crippen LogP contribution in [0.5, 0.6) is 0 Å². The van der Waals surface area contributed by atoms with Crippen LogP contribution in [0, 0.1) is 0 Å². The Morgan fingerprint density at radius 2 is 0.741 bits per heavy atom. The summed E-state index contributed by atoms with van der Waals surface area (Å²) in [5.74, 6) is 0. The Morgan fingerprint density at radius 3 is 1.21 bits per heavy atom. The maximum absolute atomic E-state index is 11.5. The fourth-order valence-electron chi connectivity index (χ4n) is 7.10. The van der Waals surface area contributed by atoms with E-state index in [1.54, 1.807) is 0 Å². The van der Waals surface area contributed by atoms with Crippen molar-refractivity contribution in [2.24, 2.45) is 0 Å². The van der Waals surface area contributed by atoms with Gasteiger partial charge in [-0.2, -0.15) is 0 Å². The highest BCUT2D eigenvalue weighted by Crippen LogP contribution is 2.32. The normalized spacial score (nSPS) is 27.3. The topological polar surface area (TPSA) is 135 Å². The van der Waals surface area contributed by atoms with E-state index in [-0.39, 0.29) is 39.6 Å². The maximum Gasteiger partial charge on any atom is 0.186 e. The molecule has 5 aromatic rings. The number of rotatable bonds is 19. The Labute approximate surface area is 339 Å². The monoisotopic (exact) mass is 792 g/mol. The minimum absolute atomic E-state index is 0.0509. The highest BCUT2D eigenvalue weighted by Gasteiger charge is 2.50. The fourth-order valence-corrected chi connectivity index (χ4v) is 7.10. The minimum Gasteiger partial charge on any atom is -0.387 e. The molecule has 0 saturated carbocycles. The summed E-state index contributed by atoms with van der Waals surface area (Å²) >= 11 is 0. The van der Waals surface area contributed by atoms with E-state index in [4.69, 9.17) is 37.9 Å². The third-order valence-corrected chi connectivity index (χ3v) is 10.2. The summed E-state index contributed by atoms with van der Waals surface area (Å²) in [7, 11) is 0.